The van der Waals surface area contributed by atoms with Crippen molar-refractivity contribution in [3.63, 3.8) is 0 Å². The Bertz CT molecular complexity index is 380. The Morgan fingerprint density at radius 1 is 1.18 bits per heavy atom. The number of carbonyl (C=O) groups is 2. The van der Waals surface area contributed by atoms with Crippen LogP contribution in [0.5, 0.6) is 0 Å². The van der Waals surface area contributed by atoms with Crippen molar-refractivity contribution in [1.29, 1.82) is 0 Å². The predicted molar refractivity (Wildman–Crippen MR) is 85.5 cm³/mol. The molecule has 0 aromatic rings. The van der Waals surface area contributed by atoms with Gasteiger partial charge in [0.1, 0.15) is 0 Å². The SMILES string of the molecule is CC1CC(C(=O)O)CN(CC(=O)NCCC2CCCCC2)C1. The first-order valence-electron chi connectivity index (χ1n) is 8.76. The Morgan fingerprint density at radius 2 is 1.91 bits per heavy atom. The van der Waals surface area contributed by atoms with Gasteiger partial charge >= 0.3 is 5.97 Å². The van der Waals surface area contributed by atoms with Crippen LogP contribution in [0, 0.1) is 17.8 Å². The maximum Gasteiger partial charge on any atom is 0.307 e. The van der Waals surface area contributed by atoms with Crippen LogP contribution >= 0.6 is 0 Å². The molecule has 5 heteroatoms. The van der Waals surface area contributed by atoms with Gasteiger partial charge in [-0.3, -0.25) is 14.5 Å². The quantitative estimate of drug-likeness (QED) is 0.788. The second-order valence-electron chi connectivity index (χ2n) is 7.21. The zero-order valence-electron chi connectivity index (χ0n) is 13.7. The Morgan fingerprint density at radius 3 is 2.59 bits per heavy atom. The van der Waals surface area contributed by atoms with Crippen molar-refractivity contribution in [2.75, 3.05) is 26.2 Å². The summed E-state index contributed by atoms with van der Waals surface area (Å²) in [6, 6.07) is 0. The van der Waals surface area contributed by atoms with E-state index in [1.54, 1.807) is 0 Å². The third kappa shape index (κ3) is 5.59. The summed E-state index contributed by atoms with van der Waals surface area (Å²) in [6.45, 7) is 4.46. The van der Waals surface area contributed by atoms with E-state index < -0.39 is 5.97 Å². The number of hydrogen-bond donors (Lipinski definition) is 2. The summed E-state index contributed by atoms with van der Waals surface area (Å²) >= 11 is 0. The maximum atomic E-state index is 12.0. The first kappa shape index (κ1) is 17.3. The summed E-state index contributed by atoms with van der Waals surface area (Å²) in [7, 11) is 0. The molecule has 2 fully saturated rings. The average molecular weight is 310 g/mol. The van der Waals surface area contributed by atoms with Crippen molar-refractivity contribution >= 4 is 11.9 Å². The summed E-state index contributed by atoms with van der Waals surface area (Å²) in [5.41, 5.74) is 0. The number of amides is 1. The standard InChI is InChI=1S/C17H30N2O3/c1-13-9-15(17(21)22)11-19(10-13)12-16(20)18-8-7-14-5-3-2-4-6-14/h13-15H,2-12H2,1H3,(H,18,20)(H,21,22). The molecular weight excluding hydrogens is 280 g/mol. The van der Waals surface area contributed by atoms with E-state index in [-0.39, 0.29) is 11.8 Å². The highest BCUT2D eigenvalue weighted by atomic mass is 16.4. The molecule has 1 saturated heterocycles. The zero-order valence-corrected chi connectivity index (χ0v) is 13.7. The van der Waals surface area contributed by atoms with E-state index >= 15 is 0 Å². The van der Waals surface area contributed by atoms with E-state index in [1.807, 2.05) is 4.90 Å². The number of carbonyl (C=O) groups excluding carboxylic acids is 1. The molecule has 0 aromatic heterocycles. The second-order valence-corrected chi connectivity index (χ2v) is 7.21. The highest BCUT2D eigenvalue weighted by Crippen LogP contribution is 2.25. The molecule has 2 unspecified atom stereocenters. The Hall–Kier alpha value is -1.10. The molecule has 1 amide bonds. The molecule has 1 aliphatic carbocycles. The van der Waals surface area contributed by atoms with Gasteiger partial charge in [0.25, 0.3) is 0 Å². The molecule has 2 rings (SSSR count). The number of nitrogens with one attached hydrogen (secondary N) is 1. The van der Waals surface area contributed by atoms with Crippen LogP contribution in [-0.2, 0) is 9.59 Å². The second kappa shape index (κ2) is 8.51. The number of rotatable bonds is 6. The summed E-state index contributed by atoms with van der Waals surface area (Å²) in [6.07, 6.45) is 8.44. The van der Waals surface area contributed by atoms with Crippen LogP contribution in [0.1, 0.15) is 51.9 Å². The summed E-state index contributed by atoms with van der Waals surface area (Å²) < 4.78 is 0. The smallest absolute Gasteiger partial charge is 0.307 e. The molecule has 0 aromatic carbocycles. The largest absolute Gasteiger partial charge is 0.481 e. The van der Waals surface area contributed by atoms with E-state index in [9.17, 15) is 9.59 Å². The molecule has 5 nitrogen and oxygen atoms in total. The summed E-state index contributed by atoms with van der Waals surface area (Å²) in [5, 5.41) is 12.2. The van der Waals surface area contributed by atoms with Gasteiger partial charge in [-0.25, -0.2) is 0 Å². The van der Waals surface area contributed by atoms with Gasteiger partial charge in [0.05, 0.1) is 12.5 Å². The molecule has 0 radical (unpaired) electrons. The van der Waals surface area contributed by atoms with Crippen molar-refractivity contribution < 1.29 is 14.7 Å². The van der Waals surface area contributed by atoms with Gasteiger partial charge in [0.15, 0.2) is 0 Å². The minimum Gasteiger partial charge on any atom is -0.481 e. The lowest BCUT2D eigenvalue weighted by molar-refractivity contribution is -0.145. The monoisotopic (exact) mass is 310 g/mol. The van der Waals surface area contributed by atoms with E-state index in [0.717, 1.165) is 31.8 Å². The van der Waals surface area contributed by atoms with E-state index in [2.05, 4.69) is 12.2 Å². The van der Waals surface area contributed by atoms with Gasteiger partial charge in [-0.1, -0.05) is 39.0 Å². The summed E-state index contributed by atoms with van der Waals surface area (Å²) in [5.74, 6) is 0.0763. The van der Waals surface area contributed by atoms with Crippen LogP contribution in [0.15, 0.2) is 0 Å². The van der Waals surface area contributed by atoms with E-state index in [1.165, 1.54) is 32.1 Å². The van der Waals surface area contributed by atoms with Crippen LogP contribution in [0.3, 0.4) is 0 Å². The molecule has 126 valence electrons. The number of likely N-dealkylation sites (tertiary alicyclic amines) is 1. The highest BCUT2D eigenvalue weighted by Gasteiger charge is 2.30. The molecule has 1 aliphatic heterocycles. The van der Waals surface area contributed by atoms with Crippen molar-refractivity contribution in [1.82, 2.24) is 10.2 Å². The molecule has 0 bridgehead atoms. The number of carboxylic acid groups (broad SMARTS) is 1. The lowest BCUT2D eigenvalue weighted by atomic mass is 9.87. The van der Waals surface area contributed by atoms with E-state index in [0.29, 0.717) is 19.0 Å². The van der Waals surface area contributed by atoms with Crippen LogP contribution in [0.4, 0.5) is 0 Å². The lowest BCUT2D eigenvalue weighted by Crippen LogP contribution is -2.47. The summed E-state index contributed by atoms with van der Waals surface area (Å²) in [4.78, 5) is 25.2. The van der Waals surface area contributed by atoms with Crippen LogP contribution in [0.25, 0.3) is 0 Å². The van der Waals surface area contributed by atoms with Gasteiger partial charge in [0, 0.05) is 19.6 Å². The van der Waals surface area contributed by atoms with Crippen LogP contribution < -0.4 is 5.32 Å². The van der Waals surface area contributed by atoms with Gasteiger partial charge in [-0.05, 0) is 24.7 Å². The third-order valence-corrected chi connectivity index (χ3v) is 5.05. The number of hydrogen-bond acceptors (Lipinski definition) is 3. The number of aliphatic carboxylic acids is 1. The Labute approximate surface area is 133 Å². The normalized spacial score (nSPS) is 27.5. The molecule has 2 atom stereocenters. The Balaban J connectivity index is 1.66. The third-order valence-electron chi connectivity index (χ3n) is 5.05. The Kier molecular flexibility index (Phi) is 6.68. The first-order valence-corrected chi connectivity index (χ1v) is 8.76. The van der Waals surface area contributed by atoms with Crippen molar-refractivity contribution in [2.45, 2.75) is 51.9 Å². The molecule has 2 N–H and O–H groups in total. The highest BCUT2D eigenvalue weighted by molar-refractivity contribution is 5.78. The molecule has 1 saturated carbocycles. The molecular formula is C17H30N2O3. The van der Waals surface area contributed by atoms with Crippen molar-refractivity contribution in [2.24, 2.45) is 17.8 Å². The fourth-order valence-electron chi connectivity index (χ4n) is 3.92. The fourth-order valence-corrected chi connectivity index (χ4v) is 3.92. The first-order chi connectivity index (χ1) is 10.5. The molecule has 22 heavy (non-hydrogen) atoms. The van der Waals surface area contributed by atoms with Gasteiger partial charge in [-0.15, -0.1) is 0 Å². The zero-order chi connectivity index (χ0) is 15.9. The fraction of sp³-hybridized carbons (Fsp3) is 0.882. The number of nitrogens with zero attached hydrogens (tertiary/aromatic N) is 1. The average Bonchev–Trinajstić information content (AvgIpc) is 2.47. The molecule has 1 heterocycles. The van der Waals surface area contributed by atoms with Crippen LogP contribution in [0.2, 0.25) is 0 Å². The predicted octanol–water partition coefficient (Wildman–Crippen LogP) is 2.12. The number of carboxylic acids is 1. The van der Waals surface area contributed by atoms with E-state index in [4.69, 9.17) is 5.11 Å². The van der Waals surface area contributed by atoms with Gasteiger partial charge < -0.3 is 10.4 Å². The molecule has 0 spiro atoms. The van der Waals surface area contributed by atoms with Crippen molar-refractivity contribution in [3.8, 4) is 0 Å². The maximum absolute atomic E-state index is 12.0. The molecule has 2 aliphatic rings. The van der Waals surface area contributed by atoms with Crippen LogP contribution in [-0.4, -0.2) is 48.1 Å². The van der Waals surface area contributed by atoms with Crippen molar-refractivity contribution in [3.05, 3.63) is 0 Å². The minimum atomic E-state index is -0.741. The van der Waals surface area contributed by atoms with Gasteiger partial charge in [-0.2, -0.15) is 0 Å². The van der Waals surface area contributed by atoms with Gasteiger partial charge in [0.2, 0.25) is 5.91 Å². The minimum absolute atomic E-state index is 0.0362. The lowest BCUT2D eigenvalue weighted by Gasteiger charge is -2.34. The number of piperidine rings is 1. The topological polar surface area (TPSA) is 69.6 Å².